The molecule has 0 saturated heterocycles. The van der Waals surface area contributed by atoms with E-state index < -0.39 is 47.9 Å². The van der Waals surface area contributed by atoms with Crippen molar-refractivity contribution < 1.29 is 24.3 Å². The summed E-state index contributed by atoms with van der Waals surface area (Å²) in [5, 5.41) is 18.3. The Hall–Kier alpha value is -3.05. The molecule has 0 radical (unpaired) electrons. The van der Waals surface area contributed by atoms with Crippen LogP contribution in [0, 0.1) is 5.92 Å². The van der Waals surface area contributed by atoms with E-state index in [0.29, 0.717) is 12.2 Å². The number of carbonyl (C=O) groups excluding carboxylic acids is 3. The molecule has 2 rings (SSSR count). The van der Waals surface area contributed by atoms with Crippen LogP contribution in [-0.2, 0) is 25.6 Å². The van der Waals surface area contributed by atoms with Gasteiger partial charge in [0.25, 0.3) is 0 Å². The summed E-state index contributed by atoms with van der Waals surface area (Å²) < 4.78 is 0. The number of carboxylic acid groups (broad SMARTS) is 1. The Morgan fingerprint density at radius 2 is 1.63 bits per heavy atom. The van der Waals surface area contributed by atoms with E-state index in [2.05, 4.69) is 20.9 Å². The van der Waals surface area contributed by atoms with Crippen molar-refractivity contribution in [1.82, 2.24) is 20.9 Å². The van der Waals surface area contributed by atoms with E-state index in [-0.39, 0.29) is 12.3 Å². The second-order valence-electron chi connectivity index (χ2n) is 8.82. The molecule has 1 aromatic heterocycles. The van der Waals surface area contributed by atoms with Gasteiger partial charge >= 0.3 is 5.97 Å². The maximum absolute atomic E-state index is 13.3. The molecule has 7 N–H and O–H groups in total. The summed E-state index contributed by atoms with van der Waals surface area (Å²) in [7, 11) is 0. The van der Waals surface area contributed by atoms with Crippen LogP contribution in [0.1, 0.15) is 32.8 Å². The first-order valence-electron chi connectivity index (χ1n) is 11.5. The second-order valence-corrected chi connectivity index (χ2v) is 9.81. The van der Waals surface area contributed by atoms with Crippen LogP contribution in [0.25, 0.3) is 10.9 Å². The topological polar surface area (TPSA) is 166 Å². The van der Waals surface area contributed by atoms with Crippen molar-refractivity contribution in [2.75, 3.05) is 12.0 Å². The standard InChI is InChI=1S/C24H35N5O5S/c1-13(2)20(24(33)34)29-22(31)18(9-10-35-4)27-23(32)19(28-21(30)14(3)25)11-15-12-26-17-8-6-5-7-16(15)17/h5-8,12-14,18-20,26H,9-11,25H2,1-4H3,(H,27,32)(H,28,30)(H,29,31)(H,33,34). The highest BCUT2D eigenvalue weighted by Gasteiger charge is 2.31. The highest BCUT2D eigenvalue weighted by Crippen LogP contribution is 2.19. The molecule has 192 valence electrons. The fraction of sp³-hybridized carbons (Fsp3) is 0.500. The Labute approximate surface area is 209 Å². The van der Waals surface area contributed by atoms with Gasteiger partial charge in [0.15, 0.2) is 0 Å². The molecule has 35 heavy (non-hydrogen) atoms. The lowest BCUT2D eigenvalue weighted by atomic mass is 10.0. The van der Waals surface area contributed by atoms with Crippen LogP contribution in [0.15, 0.2) is 30.5 Å². The van der Waals surface area contributed by atoms with Crippen molar-refractivity contribution in [2.24, 2.45) is 11.7 Å². The lowest BCUT2D eigenvalue weighted by Crippen LogP contribution is -2.58. The van der Waals surface area contributed by atoms with Crippen LogP contribution in [0.4, 0.5) is 0 Å². The number of para-hydroxylation sites is 1. The number of aromatic nitrogens is 1. The zero-order chi connectivity index (χ0) is 26.1. The predicted molar refractivity (Wildman–Crippen MR) is 137 cm³/mol. The molecular weight excluding hydrogens is 470 g/mol. The summed E-state index contributed by atoms with van der Waals surface area (Å²) in [6, 6.07) is 3.72. The van der Waals surface area contributed by atoms with Gasteiger partial charge in [-0.25, -0.2) is 4.79 Å². The van der Waals surface area contributed by atoms with Crippen molar-refractivity contribution in [2.45, 2.75) is 57.8 Å². The third-order valence-electron chi connectivity index (χ3n) is 5.62. The van der Waals surface area contributed by atoms with E-state index in [1.165, 1.54) is 18.7 Å². The fourth-order valence-corrected chi connectivity index (χ4v) is 4.05. The number of benzene rings is 1. The lowest BCUT2D eigenvalue weighted by Gasteiger charge is -2.25. The molecule has 0 aliphatic rings. The first-order chi connectivity index (χ1) is 16.5. The van der Waals surface area contributed by atoms with E-state index in [1.54, 1.807) is 20.0 Å². The maximum Gasteiger partial charge on any atom is 0.326 e. The van der Waals surface area contributed by atoms with Crippen LogP contribution >= 0.6 is 11.8 Å². The summed E-state index contributed by atoms with van der Waals surface area (Å²) >= 11 is 1.50. The van der Waals surface area contributed by atoms with Crippen LogP contribution in [0.2, 0.25) is 0 Å². The van der Waals surface area contributed by atoms with Crippen LogP contribution < -0.4 is 21.7 Å². The fourth-order valence-electron chi connectivity index (χ4n) is 3.58. The number of carbonyl (C=O) groups is 4. The van der Waals surface area contributed by atoms with Gasteiger partial charge in [0.05, 0.1) is 6.04 Å². The number of fused-ring (bicyclic) bond motifs is 1. The molecule has 0 bridgehead atoms. The third kappa shape index (κ3) is 8.00. The highest BCUT2D eigenvalue weighted by atomic mass is 32.2. The minimum atomic E-state index is -1.15. The normalized spacial score (nSPS) is 14.7. The molecule has 0 saturated carbocycles. The number of aromatic amines is 1. The molecular formula is C24H35N5O5S. The SMILES string of the molecule is CSCCC(NC(=O)C(Cc1c[nH]c2ccccc12)NC(=O)C(C)N)C(=O)NC(C(=O)O)C(C)C. The first kappa shape index (κ1) is 28.2. The summed E-state index contributed by atoms with van der Waals surface area (Å²) in [6.45, 7) is 4.90. The zero-order valence-electron chi connectivity index (χ0n) is 20.5. The van der Waals surface area contributed by atoms with Crippen molar-refractivity contribution >= 4 is 46.4 Å². The number of hydrogen-bond acceptors (Lipinski definition) is 6. The monoisotopic (exact) mass is 505 g/mol. The average Bonchev–Trinajstić information content (AvgIpc) is 3.21. The number of carboxylic acids is 1. The summed E-state index contributed by atoms with van der Waals surface area (Å²) in [5.74, 6) is -2.56. The Balaban J connectivity index is 2.26. The maximum atomic E-state index is 13.3. The summed E-state index contributed by atoms with van der Waals surface area (Å²) in [6.07, 6.45) is 4.12. The van der Waals surface area contributed by atoms with E-state index in [4.69, 9.17) is 5.73 Å². The van der Waals surface area contributed by atoms with E-state index >= 15 is 0 Å². The minimum absolute atomic E-state index is 0.176. The molecule has 4 atom stereocenters. The van der Waals surface area contributed by atoms with Crippen molar-refractivity contribution in [3.63, 3.8) is 0 Å². The number of aliphatic carboxylic acids is 1. The molecule has 0 spiro atoms. The van der Waals surface area contributed by atoms with Gasteiger partial charge in [0.1, 0.15) is 18.1 Å². The molecule has 3 amide bonds. The van der Waals surface area contributed by atoms with Gasteiger partial charge in [0.2, 0.25) is 17.7 Å². The van der Waals surface area contributed by atoms with Gasteiger partial charge < -0.3 is 31.8 Å². The van der Waals surface area contributed by atoms with Crippen molar-refractivity contribution in [3.05, 3.63) is 36.0 Å². The van der Waals surface area contributed by atoms with Gasteiger partial charge in [-0.2, -0.15) is 11.8 Å². The van der Waals surface area contributed by atoms with Crippen LogP contribution in [0.5, 0.6) is 0 Å². The average molecular weight is 506 g/mol. The molecule has 2 aromatic rings. The number of thioether (sulfide) groups is 1. The first-order valence-corrected chi connectivity index (χ1v) is 12.9. The number of rotatable bonds is 13. The zero-order valence-corrected chi connectivity index (χ0v) is 21.3. The van der Waals surface area contributed by atoms with Gasteiger partial charge in [-0.15, -0.1) is 0 Å². The predicted octanol–water partition coefficient (Wildman–Crippen LogP) is 1.01. The molecule has 10 nitrogen and oxygen atoms in total. The molecule has 0 fully saturated rings. The van der Waals surface area contributed by atoms with E-state index in [1.807, 2.05) is 30.5 Å². The van der Waals surface area contributed by atoms with Crippen molar-refractivity contribution in [3.8, 4) is 0 Å². The molecule has 11 heteroatoms. The smallest absolute Gasteiger partial charge is 0.326 e. The summed E-state index contributed by atoms with van der Waals surface area (Å²) in [4.78, 5) is 53.3. The van der Waals surface area contributed by atoms with Crippen molar-refractivity contribution in [1.29, 1.82) is 0 Å². The quantitative estimate of drug-likeness (QED) is 0.236. The number of nitrogens with one attached hydrogen (secondary N) is 4. The lowest BCUT2D eigenvalue weighted by molar-refractivity contribution is -0.143. The number of H-pyrrole nitrogens is 1. The Morgan fingerprint density at radius 1 is 1.00 bits per heavy atom. The van der Waals surface area contributed by atoms with Crippen LogP contribution in [0.3, 0.4) is 0 Å². The molecule has 0 aliphatic carbocycles. The highest BCUT2D eigenvalue weighted by molar-refractivity contribution is 7.98. The Bertz CT molecular complexity index is 1040. The van der Waals surface area contributed by atoms with E-state index in [9.17, 15) is 24.3 Å². The van der Waals surface area contributed by atoms with Gasteiger partial charge in [-0.1, -0.05) is 32.0 Å². The number of nitrogens with two attached hydrogens (primary N) is 1. The largest absolute Gasteiger partial charge is 0.480 e. The van der Waals surface area contributed by atoms with Gasteiger partial charge in [-0.05, 0) is 42.9 Å². The third-order valence-corrected chi connectivity index (χ3v) is 6.26. The Kier molecular flexibility index (Phi) is 10.6. The number of hydrogen-bond donors (Lipinski definition) is 6. The Morgan fingerprint density at radius 3 is 2.23 bits per heavy atom. The summed E-state index contributed by atoms with van der Waals surface area (Å²) in [5.41, 5.74) is 7.42. The molecule has 0 aliphatic heterocycles. The van der Waals surface area contributed by atoms with E-state index in [0.717, 1.165) is 16.5 Å². The molecule has 4 unspecified atom stereocenters. The minimum Gasteiger partial charge on any atom is -0.480 e. The van der Waals surface area contributed by atoms with Crippen LogP contribution in [-0.4, -0.2) is 70.0 Å². The molecule has 1 heterocycles. The molecule has 1 aromatic carbocycles. The second kappa shape index (κ2) is 13.1. The number of amides is 3. The van der Waals surface area contributed by atoms with Gasteiger partial charge in [0, 0.05) is 23.5 Å². The van der Waals surface area contributed by atoms with Gasteiger partial charge in [-0.3, -0.25) is 14.4 Å².